The molecule has 0 amide bonds. The van der Waals surface area contributed by atoms with Crippen molar-refractivity contribution >= 4 is 34.0 Å². The number of hydrogen-bond acceptors (Lipinski definition) is 11. The third-order valence-electron chi connectivity index (χ3n) is 7.62. The summed E-state index contributed by atoms with van der Waals surface area (Å²) in [5.41, 5.74) is 1.86. The van der Waals surface area contributed by atoms with Crippen LogP contribution in [0.4, 0.5) is 11.5 Å². The fourth-order valence-corrected chi connectivity index (χ4v) is 5.59. The minimum absolute atomic E-state index is 0.00267. The summed E-state index contributed by atoms with van der Waals surface area (Å²) < 4.78 is 40.5. The van der Waals surface area contributed by atoms with E-state index in [1.807, 2.05) is 12.1 Å². The molecular formula is C32H37ClN4O7. The van der Waals surface area contributed by atoms with Crippen LogP contribution >= 0.6 is 11.6 Å². The summed E-state index contributed by atoms with van der Waals surface area (Å²) in [6, 6.07) is 5.60. The van der Waals surface area contributed by atoms with E-state index in [0.717, 1.165) is 52.1 Å². The standard InChI is InChI=1S/C32H37ClN4O7/c1-38-11-3-2-5-22-17-25(33)29(31-30(22)42-21-43-31)36-32-28-26(34-20-35-32)18-24(19-27(28)44-23-6-13-39-14-7-23)41-12-4-8-37-9-15-40-16-10-37/h17-20,23H,3-4,6-16,21H2,1H3,(H,34,35,36). The van der Waals surface area contributed by atoms with Crippen LogP contribution in [0.5, 0.6) is 23.0 Å². The molecule has 0 spiro atoms. The predicted molar refractivity (Wildman–Crippen MR) is 166 cm³/mol. The molecule has 234 valence electrons. The van der Waals surface area contributed by atoms with Crippen LogP contribution in [0.25, 0.3) is 10.9 Å². The highest BCUT2D eigenvalue weighted by Crippen LogP contribution is 2.48. The summed E-state index contributed by atoms with van der Waals surface area (Å²) in [4.78, 5) is 11.6. The molecule has 1 N–H and O–H groups in total. The lowest BCUT2D eigenvalue weighted by atomic mass is 10.1. The highest BCUT2D eigenvalue weighted by molar-refractivity contribution is 6.34. The van der Waals surface area contributed by atoms with Gasteiger partial charge < -0.3 is 38.5 Å². The highest BCUT2D eigenvalue weighted by Gasteiger charge is 2.26. The number of rotatable bonds is 11. The van der Waals surface area contributed by atoms with Crippen molar-refractivity contribution in [2.75, 3.05) is 78.5 Å². The number of nitrogens with one attached hydrogen (secondary N) is 1. The van der Waals surface area contributed by atoms with E-state index in [4.69, 9.17) is 44.8 Å². The van der Waals surface area contributed by atoms with E-state index >= 15 is 0 Å². The minimum atomic E-state index is -0.00267. The lowest BCUT2D eigenvalue weighted by Gasteiger charge is -2.26. The van der Waals surface area contributed by atoms with Crippen LogP contribution in [0.3, 0.4) is 0 Å². The Bertz CT molecular complexity index is 1500. The molecule has 0 saturated carbocycles. The second kappa shape index (κ2) is 15.0. The Morgan fingerprint density at radius 1 is 1.02 bits per heavy atom. The summed E-state index contributed by atoms with van der Waals surface area (Å²) in [6.45, 7) is 6.95. The van der Waals surface area contributed by atoms with Gasteiger partial charge in [-0.15, -0.1) is 0 Å². The van der Waals surface area contributed by atoms with Gasteiger partial charge in [0, 0.05) is 58.1 Å². The molecule has 3 aliphatic rings. The average Bonchev–Trinajstić information content (AvgIpc) is 3.54. The number of nitrogens with zero attached hydrogens (tertiary/aromatic N) is 3. The van der Waals surface area contributed by atoms with Crippen LogP contribution in [0.1, 0.15) is 31.2 Å². The van der Waals surface area contributed by atoms with Crippen molar-refractivity contribution in [1.82, 2.24) is 14.9 Å². The van der Waals surface area contributed by atoms with Crippen molar-refractivity contribution in [2.45, 2.75) is 31.8 Å². The number of fused-ring (bicyclic) bond motifs is 2. The van der Waals surface area contributed by atoms with Gasteiger partial charge in [-0.25, -0.2) is 9.97 Å². The summed E-state index contributed by atoms with van der Waals surface area (Å²) in [6.07, 6.45) is 4.58. The molecule has 6 rings (SSSR count). The topological polar surface area (TPSA) is 106 Å². The molecule has 12 heteroatoms. The quantitative estimate of drug-likeness (QED) is 0.235. The van der Waals surface area contributed by atoms with Crippen LogP contribution in [-0.2, 0) is 14.2 Å². The molecule has 2 aromatic carbocycles. The molecule has 2 fully saturated rings. The molecule has 0 unspecified atom stereocenters. The number of anilines is 2. The number of halogens is 1. The first-order valence-corrected chi connectivity index (χ1v) is 15.4. The Balaban J connectivity index is 1.28. The van der Waals surface area contributed by atoms with E-state index in [9.17, 15) is 0 Å². The Hall–Kier alpha value is -3.53. The van der Waals surface area contributed by atoms with Gasteiger partial charge in [-0.1, -0.05) is 23.4 Å². The SMILES string of the molecule is COCCC#Cc1cc(Cl)c(Nc2ncnc3cc(OCCCN4CCOCC4)cc(OC4CCOCC4)c23)c2c1OCO2. The Labute approximate surface area is 262 Å². The fraction of sp³-hybridized carbons (Fsp3) is 0.500. The van der Waals surface area contributed by atoms with E-state index in [2.05, 4.69) is 32.0 Å². The molecule has 44 heavy (non-hydrogen) atoms. The zero-order valence-corrected chi connectivity index (χ0v) is 25.6. The molecule has 0 atom stereocenters. The summed E-state index contributed by atoms with van der Waals surface area (Å²) >= 11 is 6.79. The summed E-state index contributed by atoms with van der Waals surface area (Å²) in [5, 5.41) is 4.52. The zero-order valence-electron chi connectivity index (χ0n) is 24.9. The fourth-order valence-electron chi connectivity index (χ4n) is 5.35. The van der Waals surface area contributed by atoms with Gasteiger partial charge in [0.05, 0.1) is 61.1 Å². The third-order valence-corrected chi connectivity index (χ3v) is 7.92. The van der Waals surface area contributed by atoms with E-state index in [-0.39, 0.29) is 12.9 Å². The molecule has 3 aliphatic heterocycles. The number of methoxy groups -OCH3 is 1. The van der Waals surface area contributed by atoms with Crippen LogP contribution in [0.15, 0.2) is 24.5 Å². The van der Waals surface area contributed by atoms with E-state index in [1.54, 1.807) is 13.2 Å². The smallest absolute Gasteiger partial charge is 0.231 e. The first-order chi connectivity index (χ1) is 21.7. The molecule has 0 aliphatic carbocycles. The van der Waals surface area contributed by atoms with Gasteiger partial charge >= 0.3 is 0 Å². The van der Waals surface area contributed by atoms with Gasteiger partial charge in [-0.2, -0.15) is 0 Å². The van der Waals surface area contributed by atoms with Gasteiger partial charge in [0.2, 0.25) is 6.79 Å². The van der Waals surface area contributed by atoms with E-state index < -0.39 is 0 Å². The van der Waals surface area contributed by atoms with Gasteiger partial charge in [-0.3, -0.25) is 4.90 Å². The number of aromatic nitrogens is 2. The van der Waals surface area contributed by atoms with Crippen LogP contribution in [0.2, 0.25) is 5.02 Å². The van der Waals surface area contributed by atoms with Crippen molar-refractivity contribution in [3.05, 3.63) is 35.1 Å². The normalized spacial score (nSPS) is 16.9. The highest BCUT2D eigenvalue weighted by atomic mass is 35.5. The van der Waals surface area contributed by atoms with Crippen LogP contribution < -0.4 is 24.3 Å². The number of hydrogen-bond donors (Lipinski definition) is 1. The predicted octanol–water partition coefficient (Wildman–Crippen LogP) is 4.80. The Kier molecular flexibility index (Phi) is 10.4. The number of morpholine rings is 1. The van der Waals surface area contributed by atoms with Gasteiger partial charge in [0.25, 0.3) is 0 Å². The summed E-state index contributed by atoms with van der Waals surface area (Å²) in [5.74, 6) is 9.06. The maximum Gasteiger partial charge on any atom is 0.231 e. The molecule has 0 bridgehead atoms. The lowest BCUT2D eigenvalue weighted by molar-refractivity contribution is 0.0261. The molecule has 0 radical (unpaired) electrons. The van der Waals surface area contributed by atoms with Crippen LogP contribution in [0, 0.1) is 11.8 Å². The minimum Gasteiger partial charge on any atom is -0.493 e. The van der Waals surface area contributed by atoms with Crippen LogP contribution in [-0.4, -0.2) is 94.2 Å². The first kappa shape index (κ1) is 30.5. The average molecular weight is 625 g/mol. The second-order valence-electron chi connectivity index (χ2n) is 10.6. The second-order valence-corrected chi connectivity index (χ2v) is 11.0. The molecular weight excluding hydrogens is 588 g/mol. The molecule has 1 aromatic heterocycles. The van der Waals surface area contributed by atoms with Crippen molar-refractivity contribution in [3.63, 3.8) is 0 Å². The van der Waals surface area contributed by atoms with Crippen molar-refractivity contribution < 1.29 is 33.2 Å². The van der Waals surface area contributed by atoms with E-state index in [1.165, 1.54) is 6.33 Å². The molecule has 2 saturated heterocycles. The largest absolute Gasteiger partial charge is 0.493 e. The lowest BCUT2D eigenvalue weighted by Crippen LogP contribution is -2.37. The monoisotopic (exact) mass is 624 g/mol. The number of ether oxygens (including phenoxy) is 7. The Morgan fingerprint density at radius 2 is 1.84 bits per heavy atom. The van der Waals surface area contributed by atoms with Crippen molar-refractivity contribution in [3.8, 4) is 34.8 Å². The van der Waals surface area contributed by atoms with E-state index in [0.29, 0.717) is 88.8 Å². The van der Waals surface area contributed by atoms with Gasteiger partial charge in [0.1, 0.15) is 35.4 Å². The molecule has 4 heterocycles. The number of benzene rings is 2. The summed E-state index contributed by atoms with van der Waals surface area (Å²) in [7, 11) is 1.65. The maximum absolute atomic E-state index is 6.79. The molecule has 11 nitrogen and oxygen atoms in total. The van der Waals surface area contributed by atoms with Gasteiger partial charge in [0.15, 0.2) is 11.5 Å². The Morgan fingerprint density at radius 3 is 2.68 bits per heavy atom. The van der Waals surface area contributed by atoms with Crippen molar-refractivity contribution in [2.24, 2.45) is 0 Å². The molecule has 3 aromatic rings. The maximum atomic E-state index is 6.79. The zero-order chi connectivity index (χ0) is 30.1. The third kappa shape index (κ3) is 7.39. The first-order valence-electron chi connectivity index (χ1n) is 15.0. The van der Waals surface area contributed by atoms with Gasteiger partial charge in [-0.05, 0) is 12.5 Å². The van der Waals surface area contributed by atoms with Crippen molar-refractivity contribution in [1.29, 1.82) is 0 Å².